The number of rotatable bonds is 4. The third-order valence-electron chi connectivity index (χ3n) is 3.42. The molecule has 2 aromatic heterocycles. The number of nitrogens with zero attached hydrogens (tertiary/aromatic N) is 1. The quantitative estimate of drug-likeness (QED) is 0.622. The molecule has 0 saturated carbocycles. The Balaban J connectivity index is 2.46. The number of carbonyl (C=O) groups excluding carboxylic acids is 1. The van der Waals surface area contributed by atoms with Crippen LogP contribution in [0.1, 0.15) is 10.4 Å². The molecule has 3 aromatic rings. The summed E-state index contributed by atoms with van der Waals surface area (Å²) >= 11 is 0. The van der Waals surface area contributed by atoms with Gasteiger partial charge in [-0.25, -0.2) is 0 Å². The third-order valence-corrected chi connectivity index (χ3v) is 3.91. The molecule has 0 unspecified atom stereocenters. The molecule has 1 amide bonds. The monoisotopic (exact) mass is 335 g/mol. The van der Waals surface area contributed by atoms with Crippen LogP contribution in [-0.2, 0) is 10.3 Å². The third kappa shape index (κ3) is 2.56. The predicted molar refractivity (Wildman–Crippen MR) is 85.1 cm³/mol. The van der Waals surface area contributed by atoms with Crippen molar-refractivity contribution in [1.82, 2.24) is 4.40 Å². The molecule has 1 aromatic carbocycles. The smallest absolute Gasteiger partial charge is 0.357 e. The van der Waals surface area contributed by atoms with Gasteiger partial charge in [-0.15, -0.1) is 0 Å². The minimum absolute atomic E-state index is 0.0936. The van der Waals surface area contributed by atoms with Crippen LogP contribution < -0.4 is 15.2 Å². The summed E-state index contributed by atoms with van der Waals surface area (Å²) in [6.07, 6.45) is 1.71. The summed E-state index contributed by atoms with van der Waals surface area (Å²) in [6.45, 7) is 0. The lowest BCUT2D eigenvalue weighted by Crippen LogP contribution is -2.11. The van der Waals surface area contributed by atoms with Crippen molar-refractivity contribution in [2.45, 2.75) is 0 Å². The van der Waals surface area contributed by atoms with Crippen LogP contribution in [-0.4, -0.2) is 30.4 Å². The van der Waals surface area contributed by atoms with Crippen molar-refractivity contribution in [3.05, 3.63) is 42.1 Å². The van der Waals surface area contributed by atoms with Crippen LogP contribution in [0.4, 0.5) is 5.69 Å². The summed E-state index contributed by atoms with van der Waals surface area (Å²) < 4.78 is 39.9. The summed E-state index contributed by atoms with van der Waals surface area (Å²) in [7, 11) is -3.05. The summed E-state index contributed by atoms with van der Waals surface area (Å²) in [4.78, 5) is 11.9. The largest absolute Gasteiger partial charge is 0.496 e. The molecule has 4 N–H and O–H groups in total. The van der Waals surface area contributed by atoms with E-state index in [1.807, 2.05) is 4.72 Å². The molecule has 8 nitrogen and oxygen atoms in total. The Kier molecular flexibility index (Phi) is 3.38. The Morgan fingerprint density at radius 2 is 2.04 bits per heavy atom. The molecule has 0 atom stereocenters. The van der Waals surface area contributed by atoms with Crippen molar-refractivity contribution < 1.29 is 22.5 Å². The number of nitrogens with two attached hydrogens (primary N) is 1. The van der Waals surface area contributed by atoms with E-state index in [0.717, 1.165) is 0 Å². The average Bonchev–Trinajstić information content (AvgIpc) is 2.79. The van der Waals surface area contributed by atoms with Crippen molar-refractivity contribution >= 4 is 38.3 Å². The Hall–Kier alpha value is -2.78. The predicted octanol–water partition coefficient (Wildman–Crippen LogP) is 1.41. The zero-order valence-electron chi connectivity index (χ0n) is 12.0. The van der Waals surface area contributed by atoms with Crippen molar-refractivity contribution in [2.75, 3.05) is 11.8 Å². The lowest BCUT2D eigenvalue weighted by molar-refractivity contribution is 0.100. The molecule has 3 rings (SSSR count). The first kappa shape index (κ1) is 15.1. The van der Waals surface area contributed by atoms with E-state index >= 15 is 0 Å². The highest BCUT2D eigenvalue weighted by atomic mass is 32.2. The van der Waals surface area contributed by atoms with Gasteiger partial charge in [-0.2, -0.15) is 8.42 Å². The van der Waals surface area contributed by atoms with Gasteiger partial charge in [0.2, 0.25) is 0 Å². The minimum Gasteiger partial charge on any atom is -0.496 e. The van der Waals surface area contributed by atoms with E-state index in [9.17, 15) is 13.2 Å². The second-order valence-corrected chi connectivity index (χ2v) is 6.00. The number of hydrogen-bond acceptors (Lipinski definition) is 4. The Morgan fingerprint density at radius 1 is 1.30 bits per heavy atom. The molecule has 0 spiro atoms. The number of primary amides is 1. The number of hydrogen-bond donors (Lipinski definition) is 3. The van der Waals surface area contributed by atoms with Gasteiger partial charge < -0.3 is 14.9 Å². The number of carbonyl (C=O) groups is 1. The summed E-state index contributed by atoms with van der Waals surface area (Å²) in [5.41, 5.74) is 6.94. The molecule has 0 fully saturated rings. The van der Waals surface area contributed by atoms with E-state index in [1.165, 1.54) is 19.2 Å². The van der Waals surface area contributed by atoms with Gasteiger partial charge in [-0.05, 0) is 18.2 Å². The molecule has 0 saturated heterocycles. The molecule has 2 heterocycles. The number of ether oxygens (including phenoxy) is 1. The van der Waals surface area contributed by atoms with Crippen molar-refractivity contribution in [2.24, 2.45) is 5.73 Å². The molecule has 0 bridgehead atoms. The number of aromatic nitrogens is 1. The molecule has 9 heteroatoms. The fourth-order valence-corrected chi connectivity index (χ4v) is 3.06. The second-order valence-electron chi connectivity index (χ2n) is 4.84. The van der Waals surface area contributed by atoms with Crippen LogP contribution >= 0.6 is 0 Å². The standard InChI is InChI=1S/C14H13N3O5S/c1-22-11-7-8(16-23(19,20)21)6-10-12(11)13(14(15)18)9-4-2-3-5-17(9)10/h2-7,16H,1H3,(H2,15,18)(H,19,20,21). The van der Waals surface area contributed by atoms with Crippen molar-refractivity contribution in [3.63, 3.8) is 0 Å². The van der Waals surface area contributed by atoms with E-state index in [2.05, 4.69) is 0 Å². The van der Waals surface area contributed by atoms with Gasteiger partial charge in [0, 0.05) is 12.3 Å². The first-order valence-corrected chi connectivity index (χ1v) is 7.91. The maximum atomic E-state index is 11.9. The molecule has 0 aliphatic carbocycles. The van der Waals surface area contributed by atoms with Gasteiger partial charge in [0.05, 0.1) is 34.8 Å². The second kappa shape index (κ2) is 5.14. The number of pyridine rings is 1. The molecular weight excluding hydrogens is 322 g/mol. The van der Waals surface area contributed by atoms with Gasteiger partial charge in [0.1, 0.15) is 5.75 Å². The molecule has 120 valence electrons. The number of benzene rings is 1. The maximum Gasteiger partial charge on any atom is 0.357 e. The lowest BCUT2D eigenvalue weighted by Gasteiger charge is -2.08. The van der Waals surface area contributed by atoms with E-state index in [-0.39, 0.29) is 17.0 Å². The van der Waals surface area contributed by atoms with Gasteiger partial charge in [0.25, 0.3) is 5.91 Å². The number of nitrogens with one attached hydrogen (secondary N) is 1. The van der Waals surface area contributed by atoms with Crippen LogP contribution in [0.25, 0.3) is 16.4 Å². The van der Waals surface area contributed by atoms with Gasteiger partial charge >= 0.3 is 10.3 Å². The highest BCUT2D eigenvalue weighted by Crippen LogP contribution is 2.36. The average molecular weight is 335 g/mol. The molecule has 0 radical (unpaired) electrons. The van der Waals surface area contributed by atoms with Crippen LogP contribution in [0, 0.1) is 0 Å². The van der Waals surface area contributed by atoms with Crippen molar-refractivity contribution in [1.29, 1.82) is 0 Å². The summed E-state index contributed by atoms with van der Waals surface area (Å²) in [5.74, 6) is -0.372. The number of amides is 1. The highest BCUT2D eigenvalue weighted by molar-refractivity contribution is 7.87. The SMILES string of the molecule is COc1cc(NS(=O)(=O)O)cc2c1c(C(N)=O)c1ccccn12. The topological polar surface area (TPSA) is 123 Å². The maximum absolute atomic E-state index is 11.9. The van der Waals surface area contributed by atoms with Crippen LogP contribution in [0.2, 0.25) is 0 Å². The fraction of sp³-hybridized carbons (Fsp3) is 0.0714. The Labute approximate surface area is 131 Å². The number of anilines is 1. The molecular formula is C14H13N3O5S. The van der Waals surface area contributed by atoms with Crippen molar-refractivity contribution in [3.8, 4) is 5.75 Å². The molecule has 23 heavy (non-hydrogen) atoms. The molecule has 0 aliphatic heterocycles. The van der Waals surface area contributed by atoms with Gasteiger partial charge in [-0.3, -0.25) is 14.1 Å². The van der Waals surface area contributed by atoms with Crippen LogP contribution in [0.3, 0.4) is 0 Å². The van der Waals surface area contributed by atoms with E-state index in [0.29, 0.717) is 16.4 Å². The Bertz CT molecular complexity index is 1040. The van der Waals surface area contributed by atoms with Gasteiger partial charge in [0.15, 0.2) is 0 Å². The first-order chi connectivity index (χ1) is 10.8. The Morgan fingerprint density at radius 3 is 2.65 bits per heavy atom. The lowest BCUT2D eigenvalue weighted by atomic mass is 10.1. The normalized spacial score (nSPS) is 11.7. The number of fused-ring (bicyclic) bond motifs is 3. The summed E-state index contributed by atoms with van der Waals surface area (Å²) in [5, 5.41) is 0.465. The van der Waals surface area contributed by atoms with E-state index < -0.39 is 16.2 Å². The van der Waals surface area contributed by atoms with E-state index in [1.54, 1.807) is 28.8 Å². The van der Waals surface area contributed by atoms with Crippen LogP contribution in [0.5, 0.6) is 5.75 Å². The number of methoxy groups -OCH3 is 1. The minimum atomic E-state index is -4.44. The zero-order chi connectivity index (χ0) is 16.8. The fourth-order valence-electron chi connectivity index (χ4n) is 2.65. The van der Waals surface area contributed by atoms with E-state index in [4.69, 9.17) is 15.0 Å². The highest BCUT2D eigenvalue weighted by Gasteiger charge is 2.21. The zero-order valence-corrected chi connectivity index (χ0v) is 12.8. The van der Waals surface area contributed by atoms with Gasteiger partial charge in [-0.1, -0.05) is 6.07 Å². The molecule has 0 aliphatic rings. The van der Waals surface area contributed by atoms with Crippen LogP contribution in [0.15, 0.2) is 36.5 Å². The summed E-state index contributed by atoms with van der Waals surface area (Å²) in [6, 6.07) is 8.07. The first-order valence-electron chi connectivity index (χ1n) is 6.47.